The molecule has 1 aliphatic carbocycles. The highest BCUT2D eigenvalue weighted by Gasteiger charge is 2.43. The fourth-order valence-corrected chi connectivity index (χ4v) is 4.77. The van der Waals surface area contributed by atoms with Crippen molar-refractivity contribution in [3.8, 4) is 0 Å². The van der Waals surface area contributed by atoms with Crippen molar-refractivity contribution < 1.29 is 0 Å². The zero-order valence-electron chi connectivity index (χ0n) is 14.0. The van der Waals surface area contributed by atoms with Gasteiger partial charge in [-0.05, 0) is 60.2 Å². The van der Waals surface area contributed by atoms with E-state index in [0.717, 1.165) is 47.3 Å². The minimum atomic E-state index is 0.839. The summed E-state index contributed by atoms with van der Waals surface area (Å²) < 4.78 is 0. The molecule has 0 heterocycles. The zero-order valence-corrected chi connectivity index (χ0v) is 14.0. The minimum Gasteiger partial charge on any atom is -0.0625 e. The number of hydrogen-bond donors (Lipinski definition) is 0. The van der Waals surface area contributed by atoms with Crippen LogP contribution in [0.15, 0.2) is 0 Å². The molecule has 0 aromatic carbocycles. The largest absolute Gasteiger partial charge is 0.0625 e. The van der Waals surface area contributed by atoms with E-state index in [1.165, 1.54) is 12.8 Å². The Morgan fingerprint density at radius 1 is 0.500 bits per heavy atom. The van der Waals surface area contributed by atoms with Gasteiger partial charge in [-0.2, -0.15) is 0 Å². The maximum atomic E-state index is 2.46. The second-order valence-electron chi connectivity index (χ2n) is 8.04. The van der Waals surface area contributed by atoms with E-state index in [9.17, 15) is 0 Å². The first-order chi connectivity index (χ1) is 8.27. The van der Waals surface area contributed by atoms with E-state index in [1.54, 1.807) is 0 Å². The molecule has 1 saturated carbocycles. The lowest BCUT2D eigenvalue weighted by Gasteiger charge is -2.50. The predicted molar refractivity (Wildman–Crippen MR) is 82.5 cm³/mol. The molecule has 1 fully saturated rings. The van der Waals surface area contributed by atoms with Crippen LogP contribution in [0.4, 0.5) is 0 Å². The quantitative estimate of drug-likeness (QED) is 0.587. The molecule has 0 radical (unpaired) electrons. The van der Waals surface area contributed by atoms with Gasteiger partial charge < -0.3 is 0 Å². The molecule has 0 aromatic rings. The van der Waals surface area contributed by atoms with Crippen molar-refractivity contribution in [3.63, 3.8) is 0 Å². The van der Waals surface area contributed by atoms with E-state index < -0.39 is 0 Å². The van der Waals surface area contributed by atoms with Crippen molar-refractivity contribution in [3.05, 3.63) is 0 Å². The highest BCUT2D eigenvalue weighted by molar-refractivity contribution is 4.92. The Bertz CT molecular complexity index is 210. The summed E-state index contributed by atoms with van der Waals surface area (Å²) in [5.74, 6) is 7.16. The summed E-state index contributed by atoms with van der Waals surface area (Å²) in [7, 11) is 0. The maximum absolute atomic E-state index is 2.46. The summed E-state index contributed by atoms with van der Waals surface area (Å²) in [6.07, 6.45) is 2.93. The van der Waals surface area contributed by atoms with Gasteiger partial charge in [0, 0.05) is 0 Å². The SMILES string of the molecule is CC(C)[C@H]1[C@H](C(C)C)[C@H](C(C)C)CC[C@@H]1C(C)C. The van der Waals surface area contributed by atoms with Crippen LogP contribution in [-0.2, 0) is 0 Å². The monoisotopic (exact) mass is 252 g/mol. The minimum absolute atomic E-state index is 0.839. The molecule has 0 amide bonds. The Labute approximate surface area is 116 Å². The van der Waals surface area contributed by atoms with E-state index in [2.05, 4.69) is 55.4 Å². The Morgan fingerprint density at radius 2 is 0.778 bits per heavy atom. The standard InChI is InChI=1S/C18H36/c1-11(2)15-9-10-16(12(3)4)18(14(7)8)17(15)13(5)6/h11-18H,9-10H2,1-8H3/t15-,16+,17-,18-/m1/s1. The van der Waals surface area contributed by atoms with Crippen LogP contribution >= 0.6 is 0 Å². The summed E-state index contributed by atoms with van der Waals surface area (Å²) in [6, 6.07) is 0. The van der Waals surface area contributed by atoms with Crippen LogP contribution < -0.4 is 0 Å². The molecule has 0 aromatic heterocycles. The molecule has 0 saturated heterocycles. The van der Waals surface area contributed by atoms with Crippen LogP contribution in [0.2, 0.25) is 0 Å². The first-order valence-corrected chi connectivity index (χ1v) is 8.27. The van der Waals surface area contributed by atoms with E-state index in [0.29, 0.717) is 0 Å². The molecule has 0 heteroatoms. The zero-order chi connectivity index (χ0) is 14.0. The Kier molecular flexibility index (Phi) is 5.74. The van der Waals surface area contributed by atoms with E-state index in [1.807, 2.05) is 0 Å². The molecule has 4 atom stereocenters. The third-order valence-electron chi connectivity index (χ3n) is 5.52. The van der Waals surface area contributed by atoms with Crippen LogP contribution in [0.25, 0.3) is 0 Å². The van der Waals surface area contributed by atoms with Gasteiger partial charge in [0.25, 0.3) is 0 Å². The normalized spacial score (nSPS) is 34.0. The molecule has 0 aliphatic heterocycles. The van der Waals surface area contributed by atoms with Gasteiger partial charge in [-0.25, -0.2) is 0 Å². The fraction of sp³-hybridized carbons (Fsp3) is 1.00. The van der Waals surface area contributed by atoms with Crippen LogP contribution in [0.1, 0.15) is 68.2 Å². The second-order valence-corrected chi connectivity index (χ2v) is 8.04. The van der Waals surface area contributed by atoms with Crippen LogP contribution in [0.3, 0.4) is 0 Å². The summed E-state index contributed by atoms with van der Waals surface area (Å²) in [5.41, 5.74) is 0. The number of rotatable bonds is 4. The van der Waals surface area contributed by atoms with Gasteiger partial charge in [-0.1, -0.05) is 55.4 Å². The highest BCUT2D eigenvalue weighted by atomic mass is 14.5. The third kappa shape index (κ3) is 3.31. The van der Waals surface area contributed by atoms with Crippen molar-refractivity contribution in [2.45, 2.75) is 68.2 Å². The topological polar surface area (TPSA) is 0 Å². The third-order valence-corrected chi connectivity index (χ3v) is 5.52. The molecule has 0 unspecified atom stereocenters. The molecular weight excluding hydrogens is 216 g/mol. The number of hydrogen-bond acceptors (Lipinski definition) is 0. The highest BCUT2D eigenvalue weighted by Crippen LogP contribution is 2.50. The predicted octanol–water partition coefficient (Wildman–Crippen LogP) is 5.87. The van der Waals surface area contributed by atoms with E-state index in [-0.39, 0.29) is 0 Å². The summed E-state index contributed by atoms with van der Waals surface area (Å²) in [6.45, 7) is 19.6. The van der Waals surface area contributed by atoms with Gasteiger partial charge in [0.1, 0.15) is 0 Å². The Balaban J connectivity index is 3.02. The lowest BCUT2D eigenvalue weighted by molar-refractivity contribution is -0.0139. The van der Waals surface area contributed by atoms with Crippen molar-refractivity contribution in [2.75, 3.05) is 0 Å². The first kappa shape index (κ1) is 16.1. The molecule has 0 N–H and O–H groups in total. The molecule has 108 valence electrons. The van der Waals surface area contributed by atoms with Crippen molar-refractivity contribution in [1.82, 2.24) is 0 Å². The lowest BCUT2D eigenvalue weighted by atomic mass is 9.55. The molecule has 18 heavy (non-hydrogen) atoms. The molecule has 1 rings (SSSR count). The van der Waals surface area contributed by atoms with Gasteiger partial charge in [0.05, 0.1) is 0 Å². The Hall–Kier alpha value is 0. The van der Waals surface area contributed by atoms with Crippen molar-refractivity contribution >= 4 is 0 Å². The lowest BCUT2D eigenvalue weighted by Crippen LogP contribution is -2.43. The van der Waals surface area contributed by atoms with Gasteiger partial charge in [-0.3, -0.25) is 0 Å². The van der Waals surface area contributed by atoms with Crippen molar-refractivity contribution in [2.24, 2.45) is 47.3 Å². The van der Waals surface area contributed by atoms with Gasteiger partial charge in [0.2, 0.25) is 0 Å². The molecule has 0 spiro atoms. The van der Waals surface area contributed by atoms with Gasteiger partial charge in [-0.15, -0.1) is 0 Å². The van der Waals surface area contributed by atoms with Gasteiger partial charge >= 0.3 is 0 Å². The van der Waals surface area contributed by atoms with E-state index in [4.69, 9.17) is 0 Å². The van der Waals surface area contributed by atoms with Crippen molar-refractivity contribution in [1.29, 1.82) is 0 Å². The summed E-state index contributed by atoms with van der Waals surface area (Å²) in [5, 5.41) is 0. The first-order valence-electron chi connectivity index (χ1n) is 8.27. The summed E-state index contributed by atoms with van der Waals surface area (Å²) >= 11 is 0. The average Bonchev–Trinajstić information content (AvgIpc) is 2.26. The van der Waals surface area contributed by atoms with Gasteiger partial charge in [0.15, 0.2) is 0 Å². The van der Waals surface area contributed by atoms with Crippen LogP contribution in [-0.4, -0.2) is 0 Å². The molecular formula is C18H36. The fourth-order valence-electron chi connectivity index (χ4n) is 4.77. The summed E-state index contributed by atoms with van der Waals surface area (Å²) in [4.78, 5) is 0. The Morgan fingerprint density at radius 3 is 0.944 bits per heavy atom. The molecule has 0 nitrogen and oxygen atoms in total. The second kappa shape index (κ2) is 6.44. The van der Waals surface area contributed by atoms with Crippen LogP contribution in [0, 0.1) is 47.3 Å². The maximum Gasteiger partial charge on any atom is -0.0327 e. The average molecular weight is 252 g/mol. The molecule has 1 aliphatic rings. The molecule has 0 bridgehead atoms. The smallest absolute Gasteiger partial charge is 0.0327 e. The van der Waals surface area contributed by atoms with Crippen LogP contribution in [0.5, 0.6) is 0 Å². The van der Waals surface area contributed by atoms with E-state index >= 15 is 0 Å².